The molecule has 0 radical (unpaired) electrons. The summed E-state index contributed by atoms with van der Waals surface area (Å²) >= 11 is 0. The molecule has 1 heterocycles. The van der Waals surface area contributed by atoms with Crippen LogP contribution < -0.4 is 19.5 Å². The van der Waals surface area contributed by atoms with Crippen molar-refractivity contribution in [1.82, 2.24) is 9.44 Å². The number of anilines is 2. The average Bonchev–Trinajstić information content (AvgIpc) is 3.13. The van der Waals surface area contributed by atoms with Crippen LogP contribution in [-0.4, -0.2) is 69.2 Å². The highest BCUT2D eigenvalue weighted by Gasteiger charge is 2.38. The highest BCUT2D eigenvalue weighted by atomic mass is 32.2. The van der Waals surface area contributed by atoms with E-state index in [1.165, 1.54) is 62.8 Å². The van der Waals surface area contributed by atoms with Gasteiger partial charge in [0.05, 0.1) is 34.4 Å². The Balaban J connectivity index is 1.95. The molecule has 2 aromatic carbocycles. The van der Waals surface area contributed by atoms with Crippen molar-refractivity contribution in [3.8, 4) is 0 Å². The summed E-state index contributed by atoms with van der Waals surface area (Å²) in [6, 6.07) is 11.0. The van der Waals surface area contributed by atoms with Crippen LogP contribution in [-0.2, 0) is 39.1 Å². The standard InChI is InChI=1S/C21H26N4O8S2/c1-32-11-9-22-34(28,29)18-7-3-5-16(13-18)24-20(26)15-21(27)25(24)17-6-4-8-19(14-17)35(30,31)23-10-12-33-2/h3-8,13-14,22-23H,9-12,15H2,1-2H3. The topological polar surface area (TPSA) is 151 Å². The zero-order valence-electron chi connectivity index (χ0n) is 19.1. The van der Waals surface area contributed by atoms with E-state index < -0.39 is 38.3 Å². The lowest BCUT2D eigenvalue weighted by Crippen LogP contribution is -2.41. The van der Waals surface area contributed by atoms with Gasteiger partial charge in [0, 0.05) is 27.3 Å². The van der Waals surface area contributed by atoms with Crippen molar-refractivity contribution >= 4 is 43.2 Å². The van der Waals surface area contributed by atoms with Gasteiger partial charge in [0.1, 0.15) is 6.42 Å². The molecule has 0 aromatic heterocycles. The van der Waals surface area contributed by atoms with Crippen molar-refractivity contribution in [3.05, 3.63) is 48.5 Å². The molecule has 1 aliphatic rings. The Bertz CT molecular complexity index is 1200. The van der Waals surface area contributed by atoms with E-state index in [1.807, 2.05) is 0 Å². The second-order valence-corrected chi connectivity index (χ2v) is 10.9. The van der Waals surface area contributed by atoms with Crippen molar-refractivity contribution in [1.29, 1.82) is 0 Å². The number of nitrogens with one attached hydrogen (secondary N) is 2. The maximum atomic E-state index is 12.7. The lowest BCUT2D eigenvalue weighted by atomic mass is 10.3. The van der Waals surface area contributed by atoms with Gasteiger partial charge in [-0.1, -0.05) is 12.1 Å². The molecule has 0 bridgehead atoms. The monoisotopic (exact) mass is 526 g/mol. The predicted octanol–water partition coefficient (Wildman–Crippen LogP) is 0.221. The summed E-state index contributed by atoms with van der Waals surface area (Å²) in [7, 11) is -4.93. The van der Waals surface area contributed by atoms with Gasteiger partial charge in [0.15, 0.2) is 0 Å². The number of hydrazine groups is 1. The predicted molar refractivity (Wildman–Crippen MR) is 127 cm³/mol. The molecule has 2 N–H and O–H groups in total. The smallest absolute Gasteiger partial charge is 0.255 e. The van der Waals surface area contributed by atoms with Crippen LogP contribution >= 0.6 is 0 Å². The number of sulfonamides is 2. The third-order valence-electron chi connectivity index (χ3n) is 4.92. The van der Waals surface area contributed by atoms with Crippen LogP contribution in [0.3, 0.4) is 0 Å². The minimum atomic E-state index is -3.90. The number of ether oxygens (including phenoxy) is 2. The van der Waals surface area contributed by atoms with Gasteiger partial charge >= 0.3 is 0 Å². The van der Waals surface area contributed by atoms with Crippen LogP contribution in [0.1, 0.15) is 6.42 Å². The summed E-state index contributed by atoms with van der Waals surface area (Å²) in [5.74, 6) is -1.19. The van der Waals surface area contributed by atoms with E-state index in [1.54, 1.807) is 0 Å². The molecule has 14 heteroatoms. The number of carbonyl (C=O) groups excluding carboxylic acids is 2. The molecule has 12 nitrogen and oxygen atoms in total. The summed E-state index contributed by atoms with van der Waals surface area (Å²) in [4.78, 5) is 25.2. The van der Waals surface area contributed by atoms with Gasteiger partial charge in [0.2, 0.25) is 20.0 Å². The van der Waals surface area contributed by atoms with Crippen molar-refractivity contribution in [2.75, 3.05) is 50.5 Å². The Labute approximate surface area is 203 Å². The van der Waals surface area contributed by atoms with Crippen LogP contribution in [0, 0.1) is 0 Å². The third-order valence-corrected chi connectivity index (χ3v) is 7.83. The number of rotatable bonds is 12. The molecule has 0 atom stereocenters. The highest BCUT2D eigenvalue weighted by molar-refractivity contribution is 7.89. The lowest BCUT2D eigenvalue weighted by molar-refractivity contribution is -0.121. The van der Waals surface area contributed by atoms with E-state index in [-0.39, 0.29) is 47.5 Å². The van der Waals surface area contributed by atoms with E-state index in [0.29, 0.717) is 0 Å². The van der Waals surface area contributed by atoms with Gasteiger partial charge in [-0.15, -0.1) is 0 Å². The van der Waals surface area contributed by atoms with Gasteiger partial charge in [-0.25, -0.2) is 36.3 Å². The molecule has 0 spiro atoms. The van der Waals surface area contributed by atoms with E-state index in [9.17, 15) is 26.4 Å². The molecule has 190 valence electrons. The molecular formula is C21H26N4O8S2. The fourth-order valence-electron chi connectivity index (χ4n) is 3.31. The first-order chi connectivity index (χ1) is 16.6. The zero-order valence-corrected chi connectivity index (χ0v) is 20.8. The molecule has 0 saturated carbocycles. The molecule has 35 heavy (non-hydrogen) atoms. The molecule has 0 aliphatic carbocycles. The average molecular weight is 527 g/mol. The summed E-state index contributed by atoms with van der Waals surface area (Å²) in [6.07, 6.45) is -0.466. The number of benzene rings is 2. The lowest BCUT2D eigenvalue weighted by Gasteiger charge is -2.28. The molecule has 1 aliphatic heterocycles. The fourth-order valence-corrected chi connectivity index (χ4v) is 5.41. The normalized spacial score (nSPS) is 14.7. The highest BCUT2D eigenvalue weighted by Crippen LogP contribution is 2.31. The van der Waals surface area contributed by atoms with Gasteiger partial charge in [-0.2, -0.15) is 0 Å². The summed E-state index contributed by atoms with van der Waals surface area (Å²) < 4.78 is 64.9. The molecular weight excluding hydrogens is 500 g/mol. The Morgan fingerprint density at radius 2 is 1.14 bits per heavy atom. The minimum Gasteiger partial charge on any atom is -0.383 e. The molecule has 0 unspecified atom stereocenters. The van der Waals surface area contributed by atoms with Gasteiger partial charge < -0.3 is 9.47 Å². The fraction of sp³-hybridized carbons (Fsp3) is 0.333. The zero-order chi connectivity index (χ0) is 25.6. The third kappa shape index (κ3) is 6.22. The maximum Gasteiger partial charge on any atom is 0.255 e. The first-order valence-corrected chi connectivity index (χ1v) is 13.4. The molecule has 3 rings (SSSR count). The number of amides is 2. The number of hydrogen-bond acceptors (Lipinski definition) is 8. The summed E-state index contributed by atoms with van der Waals surface area (Å²) in [6.45, 7) is 0.447. The molecule has 2 aromatic rings. The van der Waals surface area contributed by atoms with Gasteiger partial charge in [-0.05, 0) is 36.4 Å². The van der Waals surface area contributed by atoms with Crippen molar-refractivity contribution in [3.63, 3.8) is 0 Å². The van der Waals surface area contributed by atoms with Crippen molar-refractivity contribution < 1.29 is 35.9 Å². The van der Waals surface area contributed by atoms with Crippen LogP contribution in [0.2, 0.25) is 0 Å². The second-order valence-electron chi connectivity index (χ2n) is 7.36. The number of carbonyl (C=O) groups is 2. The van der Waals surface area contributed by atoms with Crippen LogP contribution in [0.25, 0.3) is 0 Å². The maximum absolute atomic E-state index is 12.7. The van der Waals surface area contributed by atoms with Crippen LogP contribution in [0.4, 0.5) is 11.4 Å². The molecule has 1 saturated heterocycles. The second kappa shape index (κ2) is 11.2. The Hall–Kier alpha value is -2.88. The van der Waals surface area contributed by atoms with Crippen LogP contribution in [0.5, 0.6) is 0 Å². The Morgan fingerprint density at radius 1 is 0.743 bits per heavy atom. The van der Waals surface area contributed by atoms with E-state index in [0.717, 1.165) is 10.0 Å². The Kier molecular flexibility index (Phi) is 8.58. The van der Waals surface area contributed by atoms with Gasteiger partial charge in [-0.3, -0.25) is 9.59 Å². The number of hydrogen-bond donors (Lipinski definition) is 2. The minimum absolute atomic E-state index is 0.0516. The van der Waals surface area contributed by atoms with E-state index in [2.05, 4.69) is 9.44 Å². The number of nitrogens with zero attached hydrogens (tertiary/aromatic N) is 2. The molecule has 2 amide bonds. The Morgan fingerprint density at radius 3 is 1.51 bits per heavy atom. The number of methoxy groups -OCH3 is 2. The first kappa shape index (κ1) is 26.7. The first-order valence-electron chi connectivity index (χ1n) is 10.4. The summed E-state index contributed by atoms with van der Waals surface area (Å²) in [5, 5.41) is 2.06. The van der Waals surface area contributed by atoms with Crippen LogP contribution in [0.15, 0.2) is 58.3 Å². The van der Waals surface area contributed by atoms with E-state index >= 15 is 0 Å². The molecule has 1 fully saturated rings. The largest absolute Gasteiger partial charge is 0.383 e. The quantitative estimate of drug-likeness (QED) is 0.294. The van der Waals surface area contributed by atoms with Crippen molar-refractivity contribution in [2.45, 2.75) is 16.2 Å². The summed E-state index contributed by atoms with van der Waals surface area (Å²) in [5.41, 5.74) is 0.254. The van der Waals surface area contributed by atoms with Gasteiger partial charge in [0.25, 0.3) is 11.8 Å². The van der Waals surface area contributed by atoms with Crippen molar-refractivity contribution in [2.24, 2.45) is 0 Å². The SMILES string of the molecule is COCCNS(=O)(=O)c1cccc(N2C(=O)CC(=O)N2c2cccc(S(=O)(=O)NCCOC)c2)c1. The van der Waals surface area contributed by atoms with E-state index in [4.69, 9.17) is 9.47 Å².